The van der Waals surface area contributed by atoms with Crippen LogP contribution in [0.2, 0.25) is 0 Å². The Hall–Kier alpha value is -2.11. The second-order valence-electron chi connectivity index (χ2n) is 5.10. The number of carbonyl (C=O) groups is 1. The molecule has 1 rings (SSSR count). The van der Waals surface area contributed by atoms with Crippen molar-refractivity contribution in [2.24, 2.45) is 0 Å². The highest BCUT2D eigenvalue weighted by Gasteiger charge is 2.02. The van der Waals surface area contributed by atoms with E-state index in [2.05, 4.69) is 11.6 Å². The molecule has 1 heterocycles. The van der Waals surface area contributed by atoms with Crippen LogP contribution in [0.1, 0.15) is 38.2 Å². The summed E-state index contributed by atoms with van der Waals surface area (Å²) in [7, 11) is 0. The number of carbonyl (C=O) groups excluding carboxylic acids is 1. The smallest absolute Gasteiger partial charge is 0.333 e. The fourth-order valence-electron chi connectivity index (χ4n) is 1.81. The molecule has 21 heavy (non-hydrogen) atoms. The summed E-state index contributed by atoms with van der Waals surface area (Å²) in [5.41, 5.74) is 0.223. The molecule has 0 aromatic carbocycles. The molecule has 0 radical (unpaired) electrons. The maximum Gasteiger partial charge on any atom is 0.333 e. The van der Waals surface area contributed by atoms with Crippen LogP contribution in [0.25, 0.3) is 0 Å². The number of esters is 1. The van der Waals surface area contributed by atoms with E-state index in [1.165, 1.54) is 4.57 Å². The van der Waals surface area contributed by atoms with E-state index in [1.807, 2.05) is 0 Å². The largest absolute Gasteiger partial charge is 0.462 e. The minimum Gasteiger partial charge on any atom is -0.462 e. The van der Waals surface area contributed by atoms with Crippen molar-refractivity contribution < 1.29 is 9.53 Å². The number of rotatable bonds is 8. The average molecular weight is 294 g/mol. The standard InChI is InChI=1S/C15H22N2O4/c1-11(2)14(19)21-9-7-5-4-6-8-17-10-12(3)13(18)16-15(17)20/h10H,1,4-9H2,2-3H3,(H,16,18,20). The molecule has 116 valence electrons. The van der Waals surface area contributed by atoms with Crippen molar-refractivity contribution in [3.05, 3.63) is 44.8 Å². The molecule has 0 aliphatic rings. The molecule has 0 atom stereocenters. The lowest BCUT2D eigenvalue weighted by atomic mass is 10.2. The number of aromatic nitrogens is 2. The molecule has 0 spiro atoms. The van der Waals surface area contributed by atoms with Crippen LogP contribution >= 0.6 is 0 Å². The van der Waals surface area contributed by atoms with E-state index >= 15 is 0 Å². The summed E-state index contributed by atoms with van der Waals surface area (Å²) in [5, 5.41) is 0. The molecule has 1 aromatic rings. The molecule has 0 unspecified atom stereocenters. The van der Waals surface area contributed by atoms with Gasteiger partial charge in [-0.15, -0.1) is 0 Å². The maximum absolute atomic E-state index is 11.5. The minimum atomic E-state index is -0.374. The summed E-state index contributed by atoms with van der Waals surface area (Å²) in [4.78, 5) is 36.2. The van der Waals surface area contributed by atoms with Gasteiger partial charge in [0.15, 0.2) is 0 Å². The summed E-state index contributed by atoms with van der Waals surface area (Å²) >= 11 is 0. The number of aryl methyl sites for hydroxylation is 2. The number of H-pyrrole nitrogens is 1. The van der Waals surface area contributed by atoms with Crippen LogP contribution in [0.3, 0.4) is 0 Å². The van der Waals surface area contributed by atoms with Crippen molar-refractivity contribution in [1.82, 2.24) is 9.55 Å². The Kier molecular flexibility index (Phi) is 6.65. The van der Waals surface area contributed by atoms with Crippen molar-refractivity contribution in [2.45, 2.75) is 46.1 Å². The first-order valence-electron chi connectivity index (χ1n) is 7.05. The zero-order valence-corrected chi connectivity index (χ0v) is 12.6. The van der Waals surface area contributed by atoms with E-state index in [4.69, 9.17) is 4.74 Å². The molecule has 0 aliphatic heterocycles. The molecular formula is C15H22N2O4. The van der Waals surface area contributed by atoms with Crippen molar-refractivity contribution in [1.29, 1.82) is 0 Å². The van der Waals surface area contributed by atoms with Crippen LogP contribution in [0.5, 0.6) is 0 Å². The fourth-order valence-corrected chi connectivity index (χ4v) is 1.81. The van der Waals surface area contributed by atoms with Gasteiger partial charge < -0.3 is 9.30 Å². The number of nitrogens with one attached hydrogen (secondary N) is 1. The Bertz CT molecular complexity index is 613. The highest BCUT2D eigenvalue weighted by Crippen LogP contribution is 2.03. The lowest BCUT2D eigenvalue weighted by molar-refractivity contribution is -0.139. The first kappa shape index (κ1) is 16.9. The van der Waals surface area contributed by atoms with Crippen molar-refractivity contribution in [3.8, 4) is 0 Å². The molecule has 1 aromatic heterocycles. The zero-order chi connectivity index (χ0) is 15.8. The van der Waals surface area contributed by atoms with E-state index < -0.39 is 0 Å². The van der Waals surface area contributed by atoms with Gasteiger partial charge in [-0.25, -0.2) is 9.59 Å². The summed E-state index contributed by atoms with van der Waals surface area (Å²) in [6, 6.07) is 0. The molecule has 0 saturated heterocycles. The summed E-state index contributed by atoms with van der Waals surface area (Å²) in [6.07, 6.45) is 5.05. The van der Waals surface area contributed by atoms with Gasteiger partial charge >= 0.3 is 11.7 Å². The molecule has 0 fully saturated rings. The molecule has 0 aliphatic carbocycles. The predicted molar refractivity (Wildman–Crippen MR) is 80.3 cm³/mol. The Morgan fingerprint density at radius 1 is 1.29 bits per heavy atom. The number of nitrogens with zero attached hydrogens (tertiary/aromatic N) is 1. The van der Waals surface area contributed by atoms with Gasteiger partial charge in [0.2, 0.25) is 0 Å². The maximum atomic E-state index is 11.5. The zero-order valence-electron chi connectivity index (χ0n) is 12.6. The number of aromatic amines is 1. The Morgan fingerprint density at radius 3 is 2.62 bits per heavy atom. The first-order valence-corrected chi connectivity index (χ1v) is 7.05. The van der Waals surface area contributed by atoms with Gasteiger partial charge in [0.1, 0.15) is 0 Å². The topological polar surface area (TPSA) is 81.2 Å². The SMILES string of the molecule is C=C(C)C(=O)OCCCCCCn1cc(C)c(=O)[nH]c1=O. The van der Waals surface area contributed by atoms with E-state index in [1.54, 1.807) is 20.0 Å². The second kappa shape index (κ2) is 8.24. The minimum absolute atomic E-state index is 0.337. The van der Waals surface area contributed by atoms with Gasteiger partial charge in [0.05, 0.1) is 6.61 Å². The van der Waals surface area contributed by atoms with Crippen LogP contribution in [-0.4, -0.2) is 22.1 Å². The van der Waals surface area contributed by atoms with E-state index in [-0.39, 0.29) is 17.2 Å². The Balaban J connectivity index is 2.22. The fraction of sp³-hybridized carbons (Fsp3) is 0.533. The number of hydrogen-bond acceptors (Lipinski definition) is 4. The molecule has 6 nitrogen and oxygen atoms in total. The van der Waals surface area contributed by atoms with Crippen LogP contribution in [0, 0.1) is 6.92 Å². The third-order valence-corrected chi connectivity index (χ3v) is 3.06. The number of unbranched alkanes of at least 4 members (excludes halogenated alkanes) is 3. The molecular weight excluding hydrogens is 272 g/mol. The lowest BCUT2D eigenvalue weighted by Crippen LogP contribution is -2.30. The van der Waals surface area contributed by atoms with Crippen LogP contribution in [-0.2, 0) is 16.1 Å². The normalized spacial score (nSPS) is 10.4. The molecule has 0 bridgehead atoms. The Labute approximate surface area is 123 Å². The summed E-state index contributed by atoms with van der Waals surface area (Å²) in [5.74, 6) is -0.356. The lowest BCUT2D eigenvalue weighted by Gasteiger charge is -2.06. The quantitative estimate of drug-likeness (QED) is 0.448. The summed E-state index contributed by atoms with van der Waals surface area (Å²) < 4.78 is 6.49. The van der Waals surface area contributed by atoms with Gasteiger partial charge in [-0.2, -0.15) is 0 Å². The highest BCUT2D eigenvalue weighted by atomic mass is 16.5. The summed E-state index contributed by atoms with van der Waals surface area (Å²) in [6.45, 7) is 7.76. The average Bonchev–Trinajstić information content (AvgIpc) is 2.42. The Morgan fingerprint density at radius 2 is 1.95 bits per heavy atom. The van der Waals surface area contributed by atoms with Crippen LogP contribution < -0.4 is 11.2 Å². The van der Waals surface area contributed by atoms with Crippen LogP contribution in [0.15, 0.2) is 27.9 Å². The van der Waals surface area contributed by atoms with E-state index in [9.17, 15) is 14.4 Å². The van der Waals surface area contributed by atoms with Gasteiger partial charge in [-0.05, 0) is 33.1 Å². The van der Waals surface area contributed by atoms with Crippen molar-refractivity contribution in [3.63, 3.8) is 0 Å². The van der Waals surface area contributed by atoms with E-state index in [0.29, 0.717) is 24.3 Å². The van der Waals surface area contributed by atoms with Gasteiger partial charge in [-0.1, -0.05) is 13.0 Å². The second-order valence-corrected chi connectivity index (χ2v) is 5.10. The monoisotopic (exact) mass is 294 g/mol. The van der Waals surface area contributed by atoms with Gasteiger partial charge in [0.25, 0.3) is 5.56 Å². The van der Waals surface area contributed by atoms with Gasteiger partial charge in [-0.3, -0.25) is 9.78 Å². The third kappa shape index (κ3) is 5.81. The molecule has 0 amide bonds. The van der Waals surface area contributed by atoms with E-state index in [0.717, 1.165) is 25.7 Å². The number of hydrogen-bond donors (Lipinski definition) is 1. The third-order valence-electron chi connectivity index (χ3n) is 3.06. The number of ether oxygens (including phenoxy) is 1. The highest BCUT2D eigenvalue weighted by molar-refractivity contribution is 5.86. The molecule has 0 saturated carbocycles. The van der Waals surface area contributed by atoms with Gasteiger partial charge in [0, 0.05) is 23.9 Å². The molecule has 1 N–H and O–H groups in total. The van der Waals surface area contributed by atoms with Crippen LogP contribution in [0.4, 0.5) is 0 Å². The predicted octanol–water partition coefficient (Wildman–Crippen LogP) is 1.52. The first-order chi connectivity index (χ1) is 9.91. The van der Waals surface area contributed by atoms with Crippen molar-refractivity contribution >= 4 is 5.97 Å². The van der Waals surface area contributed by atoms with Crippen molar-refractivity contribution in [2.75, 3.05) is 6.61 Å². The molecule has 6 heteroatoms.